The Morgan fingerprint density at radius 1 is 0.889 bits per heavy atom. The monoisotopic (exact) mass is 391 g/mol. The average molecular weight is 392 g/mol. The Kier molecular flexibility index (Phi) is 4.72. The van der Waals surface area contributed by atoms with Crippen LogP contribution in [-0.4, -0.2) is 11.8 Å². The molecule has 5 heteroatoms. The van der Waals surface area contributed by atoms with Crippen LogP contribution in [0, 0.1) is 13.8 Å². The van der Waals surface area contributed by atoms with E-state index in [1.54, 1.807) is 0 Å². The van der Waals surface area contributed by atoms with Crippen molar-refractivity contribution in [2.24, 2.45) is 0 Å². The van der Waals surface area contributed by atoms with Crippen LogP contribution in [-0.2, 0) is 9.59 Å². The van der Waals surface area contributed by atoms with Crippen molar-refractivity contribution in [1.82, 2.24) is 0 Å². The molecule has 0 fully saturated rings. The molecule has 0 N–H and O–H groups in total. The smallest absolute Gasteiger partial charge is 0.268 e. The summed E-state index contributed by atoms with van der Waals surface area (Å²) in [6.07, 6.45) is 0. The molecular weight excluding hydrogens is 374 g/mol. The molecule has 0 aliphatic carbocycles. The van der Waals surface area contributed by atoms with E-state index < -0.39 is 0 Å². The minimum atomic E-state index is -0.260. The topological polar surface area (TPSA) is 37.4 Å². The van der Waals surface area contributed by atoms with Gasteiger partial charge in [-0.25, -0.2) is 4.90 Å². The van der Waals surface area contributed by atoms with Gasteiger partial charge in [-0.05, 0) is 49.1 Å². The van der Waals surface area contributed by atoms with Gasteiger partial charge in [0.15, 0.2) is 0 Å². The van der Waals surface area contributed by atoms with Gasteiger partial charge in [0.2, 0.25) is 0 Å². The third kappa shape index (κ3) is 3.24. The molecule has 27 heavy (non-hydrogen) atoms. The van der Waals surface area contributed by atoms with E-state index in [0.717, 1.165) is 20.9 Å². The summed E-state index contributed by atoms with van der Waals surface area (Å²) in [6.45, 7) is 3.92. The van der Waals surface area contributed by atoms with Crippen LogP contribution in [0.25, 0.3) is 5.57 Å². The summed E-state index contributed by atoms with van der Waals surface area (Å²) < 4.78 is 0. The van der Waals surface area contributed by atoms with Gasteiger partial charge in [0.05, 0.1) is 16.2 Å². The molecule has 1 aliphatic heterocycles. The highest BCUT2D eigenvalue weighted by molar-refractivity contribution is 8.04. The number of hydrogen-bond donors (Lipinski definition) is 0. The Bertz CT molecular complexity index is 1050. The maximum atomic E-state index is 13.3. The molecule has 2 heterocycles. The summed E-state index contributed by atoms with van der Waals surface area (Å²) in [5.41, 5.74) is 3.14. The van der Waals surface area contributed by atoms with Crippen LogP contribution in [0.4, 0.5) is 5.69 Å². The van der Waals surface area contributed by atoms with Gasteiger partial charge >= 0.3 is 0 Å². The largest absolute Gasteiger partial charge is 0.272 e. The lowest BCUT2D eigenvalue weighted by molar-refractivity contribution is -0.119. The maximum absolute atomic E-state index is 13.3. The van der Waals surface area contributed by atoms with E-state index in [4.69, 9.17) is 0 Å². The zero-order valence-electron chi connectivity index (χ0n) is 14.9. The normalized spacial score (nSPS) is 14.4. The first-order chi connectivity index (χ1) is 13.1. The lowest BCUT2D eigenvalue weighted by Crippen LogP contribution is -2.31. The molecule has 3 nitrogen and oxygen atoms in total. The van der Waals surface area contributed by atoms with E-state index in [9.17, 15) is 9.59 Å². The molecule has 3 aromatic rings. The third-order valence-electron chi connectivity index (χ3n) is 4.37. The van der Waals surface area contributed by atoms with Crippen LogP contribution in [0.1, 0.15) is 16.0 Å². The van der Waals surface area contributed by atoms with Gasteiger partial charge in [-0.3, -0.25) is 9.59 Å². The van der Waals surface area contributed by atoms with Crippen molar-refractivity contribution in [1.29, 1.82) is 0 Å². The summed E-state index contributed by atoms with van der Waals surface area (Å²) in [7, 11) is 0. The predicted octanol–water partition coefficient (Wildman–Crippen LogP) is 5.44. The molecule has 0 atom stereocenters. The van der Waals surface area contributed by atoms with Gasteiger partial charge in [0.25, 0.3) is 11.8 Å². The second-order valence-electron chi connectivity index (χ2n) is 6.33. The standard InChI is InChI=1S/C22H17NO2S2/c1-14-10-11-17(15(2)13-14)23-21(24)19(18-9-6-12-26-18)20(22(23)25)27-16-7-4-3-5-8-16/h3-13H,1-2H3. The van der Waals surface area contributed by atoms with Crippen LogP contribution in [0.3, 0.4) is 0 Å². The first-order valence-corrected chi connectivity index (χ1v) is 10.2. The summed E-state index contributed by atoms with van der Waals surface area (Å²) in [5.74, 6) is -0.517. The summed E-state index contributed by atoms with van der Waals surface area (Å²) in [4.78, 5) is 30.1. The van der Waals surface area contributed by atoms with Crippen molar-refractivity contribution < 1.29 is 9.59 Å². The number of rotatable bonds is 4. The van der Waals surface area contributed by atoms with E-state index in [2.05, 4.69) is 0 Å². The van der Waals surface area contributed by atoms with Crippen molar-refractivity contribution in [3.8, 4) is 0 Å². The predicted molar refractivity (Wildman–Crippen MR) is 112 cm³/mol. The quantitative estimate of drug-likeness (QED) is 0.556. The second-order valence-corrected chi connectivity index (χ2v) is 8.36. The first-order valence-electron chi connectivity index (χ1n) is 8.53. The molecule has 0 radical (unpaired) electrons. The van der Waals surface area contributed by atoms with Crippen LogP contribution in [0.2, 0.25) is 0 Å². The number of thiophene rings is 1. The van der Waals surface area contributed by atoms with Crippen molar-refractivity contribution in [3.05, 3.63) is 87.0 Å². The minimum absolute atomic E-state index is 0.257. The highest BCUT2D eigenvalue weighted by atomic mass is 32.2. The Hall–Kier alpha value is -2.63. The number of benzene rings is 2. The number of amides is 2. The number of nitrogens with zero attached hydrogens (tertiary/aromatic N) is 1. The zero-order valence-corrected chi connectivity index (χ0v) is 16.6. The Morgan fingerprint density at radius 2 is 1.67 bits per heavy atom. The highest BCUT2D eigenvalue weighted by Gasteiger charge is 2.41. The third-order valence-corrected chi connectivity index (χ3v) is 6.34. The van der Waals surface area contributed by atoms with Crippen molar-refractivity contribution >= 4 is 46.2 Å². The minimum Gasteiger partial charge on any atom is -0.268 e. The van der Waals surface area contributed by atoms with E-state index in [0.29, 0.717) is 16.2 Å². The molecule has 4 rings (SSSR count). The fourth-order valence-corrected chi connectivity index (χ4v) is 4.96. The van der Waals surface area contributed by atoms with Gasteiger partial charge in [-0.1, -0.05) is 53.7 Å². The molecule has 0 bridgehead atoms. The number of hydrogen-bond acceptors (Lipinski definition) is 4. The molecule has 1 aliphatic rings. The van der Waals surface area contributed by atoms with Gasteiger partial charge < -0.3 is 0 Å². The second kappa shape index (κ2) is 7.18. The van der Waals surface area contributed by atoms with E-state index >= 15 is 0 Å². The van der Waals surface area contributed by atoms with E-state index in [-0.39, 0.29) is 11.8 Å². The SMILES string of the molecule is Cc1ccc(N2C(=O)C(Sc3ccccc3)=C(c3cccs3)C2=O)c(C)c1. The first kappa shape index (κ1) is 17.8. The number of aryl methyl sites for hydroxylation is 2. The fourth-order valence-electron chi connectivity index (χ4n) is 3.12. The van der Waals surface area contributed by atoms with Gasteiger partial charge in [0.1, 0.15) is 0 Å². The highest BCUT2D eigenvalue weighted by Crippen LogP contribution is 2.43. The van der Waals surface area contributed by atoms with Crippen molar-refractivity contribution in [3.63, 3.8) is 0 Å². The number of imide groups is 1. The van der Waals surface area contributed by atoms with Crippen LogP contribution in [0.15, 0.2) is 75.8 Å². The molecular formula is C22H17NO2S2. The Balaban J connectivity index is 1.82. The lowest BCUT2D eigenvalue weighted by atomic mass is 10.1. The molecule has 134 valence electrons. The van der Waals surface area contributed by atoms with Gasteiger partial charge in [-0.2, -0.15) is 0 Å². The Morgan fingerprint density at radius 3 is 2.33 bits per heavy atom. The van der Waals surface area contributed by atoms with Crippen molar-refractivity contribution in [2.45, 2.75) is 18.7 Å². The summed E-state index contributed by atoms with van der Waals surface area (Å²) in [6, 6.07) is 19.2. The summed E-state index contributed by atoms with van der Waals surface area (Å²) in [5, 5.41) is 1.92. The molecule has 0 saturated carbocycles. The average Bonchev–Trinajstić information content (AvgIpc) is 3.25. The number of carbonyl (C=O) groups excluding carboxylic acids is 2. The van der Waals surface area contributed by atoms with Crippen LogP contribution >= 0.6 is 23.1 Å². The van der Waals surface area contributed by atoms with Gasteiger partial charge in [-0.15, -0.1) is 11.3 Å². The molecule has 0 saturated heterocycles. The van der Waals surface area contributed by atoms with Gasteiger partial charge in [0, 0.05) is 9.77 Å². The van der Waals surface area contributed by atoms with Crippen LogP contribution < -0.4 is 4.90 Å². The molecule has 2 amide bonds. The van der Waals surface area contributed by atoms with E-state index in [1.165, 1.54) is 28.0 Å². The molecule has 0 spiro atoms. The lowest BCUT2D eigenvalue weighted by Gasteiger charge is -2.18. The molecule has 0 unspecified atom stereocenters. The maximum Gasteiger partial charge on any atom is 0.272 e. The number of anilines is 1. The van der Waals surface area contributed by atoms with E-state index in [1.807, 2.05) is 79.9 Å². The summed E-state index contributed by atoms with van der Waals surface area (Å²) >= 11 is 2.82. The molecule has 2 aromatic carbocycles. The fraction of sp³-hybridized carbons (Fsp3) is 0.0909. The molecule has 1 aromatic heterocycles. The number of thioether (sulfide) groups is 1. The van der Waals surface area contributed by atoms with Crippen molar-refractivity contribution in [2.75, 3.05) is 4.90 Å². The number of carbonyl (C=O) groups is 2. The zero-order chi connectivity index (χ0) is 19.0. The Labute approximate surface area is 166 Å². The van der Waals surface area contributed by atoms with Crippen LogP contribution in [0.5, 0.6) is 0 Å².